The number of nitrogens with one attached hydrogen (secondary N) is 2. The van der Waals surface area contributed by atoms with Crippen LogP contribution in [0.15, 0.2) is 30.5 Å². The molecule has 0 aliphatic heterocycles. The Labute approximate surface area is 99.8 Å². The summed E-state index contributed by atoms with van der Waals surface area (Å²) in [6.45, 7) is 3.93. The zero-order chi connectivity index (χ0) is 12.4. The molecular weight excluding hydrogens is 214 g/mol. The van der Waals surface area contributed by atoms with Gasteiger partial charge in [0.2, 0.25) is 0 Å². The van der Waals surface area contributed by atoms with Crippen LogP contribution in [0.4, 0.5) is 11.4 Å². The highest BCUT2D eigenvalue weighted by Gasteiger charge is 2.10. The van der Waals surface area contributed by atoms with Crippen molar-refractivity contribution in [2.45, 2.75) is 13.8 Å². The molecule has 1 heterocycles. The second-order valence-corrected chi connectivity index (χ2v) is 4.07. The first kappa shape index (κ1) is 11.3. The molecule has 0 bridgehead atoms. The number of H-pyrrole nitrogens is 1. The van der Waals surface area contributed by atoms with Crippen LogP contribution in [0.25, 0.3) is 0 Å². The fraction of sp³-hybridized carbons (Fsp3) is 0.154. The Morgan fingerprint density at radius 1 is 1.29 bits per heavy atom. The van der Waals surface area contributed by atoms with E-state index in [1.165, 1.54) is 0 Å². The Bertz CT molecular complexity index is 537. The van der Waals surface area contributed by atoms with Gasteiger partial charge in [-0.05, 0) is 31.0 Å². The van der Waals surface area contributed by atoms with E-state index in [0.29, 0.717) is 11.4 Å². The first-order chi connectivity index (χ1) is 8.08. The maximum absolute atomic E-state index is 11.9. The predicted octanol–water partition coefficient (Wildman–Crippen LogP) is 2.47. The van der Waals surface area contributed by atoms with Crippen LogP contribution in [0.3, 0.4) is 0 Å². The van der Waals surface area contributed by atoms with E-state index in [9.17, 15) is 4.79 Å². The number of nitrogens with two attached hydrogens (primary N) is 1. The smallest absolute Gasteiger partial charge is 0.272 e. The van der Waals surface area contributed by atoms with Crippen molar-refractivity contribution in [3.8, 4) is 0 Å². The van der Waals surface area contributed by atoms with Gasteiger partial charge < -0.3 is 16.0 Å². The lowest BCUT2D eigenvalue weighted by molar-refractivity contribution is 0.102. The van der Waals surface area contributed by atoms with Crippen LogP contribution in [0, 0.1) is 13.8 Å². The van der Waals surface area contributed by atoms with E-state index in [1.54, 1.807) is 12.3 Å². The highest BCUT2D eigenvalue weighted by atomic mass is 16.1. The maximum Gasteiger partial charge on any atom is 0.272 e. The van der Waals surface area contributed by atoms with Crippen LogP contribution in [-0.2, 0) is 0 Å². The number of aryl methyl sites for hydroxylation is 2. The lowest BCUT2D eigenvalue weighted by Crippen LogP contribution is -2.14. The fourth-order valence-electron chi connectivity index (χ4n) is 1.73. The normalized spacial score (nSPS) is 10.2. The SMILES string of the molecule is Cc1cccc(C)c1NC(=O)c1cc(N)c[nH]1. The molecule has 0 atom stereocenters. The van der Waals surface area contributed by atoms with Crippen LogP contribution in [0.5, 0.6) is 0 Å². The van der Waals surface area contributed by atoms with Crippen LogP contribution in [-0.4, -0.2) is 10.9 Å². The summed E-state index contributed by atoms with van der Waals surface area (Å²) in [6, 6.07) is 7.51. The minimum absolute atomic E-state index is 0.181. The molecule has 0 fully saturated rings. The third-order valence-corrected chi connectivity index (χ3v) is 2.67. The molecule has 0 saturated heterocycles. The first-order valence-electron chi connectivity index (χ1n) is 5.39. The molecule has 1 aromatic carbocycles. The van der Waals surface area contributed by atoms with Crippen LogP contribution < -0.4 is 11.1 Å². The van der Waals surface area contributed by atoms with Gasteiger partial charge in [-0.1, -0.05) is 18.2 Å². The van der Waals surface area contributed by atoms with Crippen LogP contribution in [0.1, 0.15) is 21.6 Å². The number of para-hydroxylation sites is 1. The fourth-order valence-corrected chi connectivity index (χ4v) is 1.73. The van der Waals surface area contributed by atoms with Crippen LogP contribution >= 0.6 is 0 Å². The Balaban J connectivity index is 2.24. The van der Waals surface area contributed by atoms with Crippen molar-refractivity contribution >= 4 is 17.3 Å². The second-order valence-electron chi connectivity index (χ2n) is 4.07. The number of carbonyl (C=O) groups is 1. The number of anilines is 2. The zero-order valence-corrected chi connectivity index (χ0v) is 9.87. The van der Waals surface area contributed by atoms with Gasteiger partial charge in [0, 0.05) is 17.6 Å². The molecule has 4 N–H and O–H groups in total. The monoisotopic (exact) mass is 229 g/mol. The van der Waals surface area contributed by atoms with Gasteiger partial charge in [-0.3, -0.25) is 4.79 Å². The Kier molecular flexibility index (Phi) is 2.87. The average molecular weight is 229 g/mol. The molecule has 1 amide bonds. The van der Waals surface area contributed by atoms with Gasteiger partial charge in [0.05, 0.1) is 0 Å². The molecule has 4 nitrogen and oxygen atoms in total. The molecule has 2 aromatic rings. The van der Waals surface area contributed by atoms with E-state index in [2.05, 4.69) is 10.3 Å². The van der Waals surface area contributed by atoms with Gasteiger partial charge in [-0.15, -0.1) is 0 Å². The van der Waals surface area contributed by atoms with E-state index < -0.39 is 0 Å². The zero-order valence-electron chi connectivity index (χ0n) is 9.87. The largest absolute Gasteiger partial charge is 0.397 e. The second kappa shape index (κ2) is 4.33. The van der Waals surface area contributed by atoms with E-state index >= 15 is 0 Å². The minimum atomic E-state index is -0.181. The molecule has 0 saturated carbocycles. The van der Waals surface area contributed by atoms with Crippen molar-refractivity contribution in [2.24, 2.45) is 0 Å². The van der Waals surface area contributed by atoms with E-state index in [0.717, 1.165) is 16.8 Å². The summed E-state index contributed by atoms with van der Waals surface area (Å²) in [7, 11) is 0. The minimum Gasteiger partial charge on any atom is -0.397 e. The number of rotatable bonds is 2. The summed E-state index contributed by atoms with van der Waals surface area (Å²) >= 11 is 0. The molecule has 2 rings (SSSR count). The Hall–Kier alpha value is -2.23. The average Bonchev–Trinajstić information content (AvgIpc) is 2.70. The third-order valence-electron chi connectivity index (χ3n) is 2.67. The number of hydrogen-bond acceptors (Lipinski definition) is 2. The molecule has 4 heteroatoms. The van der Waals surface area contributed by atoms with Crippen molar-refractivity contribution in [1.82, 2.24) is 4.98 Å². The standard InChI is InChI=1S/C13H15N3O/c1-8-4-3-5-9(2)12(8)16-13(17)11-6-10(14)7-15-11/h3-7,15H,14H2,1-2H3,(H,16,17). The number of carbonyl (C=O) groups excluding carboxylic acids is 1. The van der Waals surface area contributed by atoms with Gasteiger partial charge in [-0.2, -0.15) is 0 Å². The highest BCUT2D eigenvalue weighted by molar-refractivity contribution is 6.04. The highest BCUT2D eigenvalue weighted by Crippen LogP contribution is 2.20. The Morgan fingerprint density at radius 2 is 1.94 bits per heavy atom. The van der Waals surface area contributed by atoms with Crippen molar-refractivity contribution in [3.05, 3.63) is 47.3 Å². The maximum atomic E-state index is 11.9. The Morgan fingerprint density at radius 3 is 2.47 bits per heavy atom. The first-order valence-corrected chi connectivity index (χ1v) is 5.39. The number of hydrogen-bond donors (Lipinski definition) is 3. The molecular formula is C13H15N3O. The van der Waals surface area contributed by atoms with Crippen LogP contribution in [0.2, 0.25) is 0 Å². The summed E-state index contributed by atoms with van der Waals surface area (Å²) in [5.41, 5.74) is 9.51. The van der Waals surface area contributed by atoms with Crippen molar-refractivity contribution in [3.63, 3.8) is 0 Å². The molecule has 0 aliphatic carbocycles. The quantitative estimate of drug-likeness (QED) is 0.740. The summed E-state index contributed by atoms with van der Waals surface area (Å²) in [6.07, 6.45) is 1.60. The number of aromatic amines is 1. The molecule has 0 spiro atoms. The summed E-state index contributed by atoms with van der Waals surface area (Å²) in [4.78, 5) is 14.8. The number of nitrogen functional groups attached to an aromatic ring is 1. The van der Waals surface area contributed by atoms with Gasteiger partial charge in [0.25, 0.3) is 5.91 Å². The van der Waals surface area contributed by atoms with Crippen molar-refractivity contribution in [1.29, 1.82) is 0 Å². The third kappa shape index (κ3) is 2.30. The van der Waals surface area contributed by atoms with Gasteiger partial charge in [0.1, 0.15) is 5.69 Å². The van der Waals surface area contributed by atoms with Gasteiger partial charge in [0.15, 0.2) is 0 Å². The molecule has 17 heavy (non-hydrogen) atoms. The van der Waals surface area contributed by atoms with Gasteiger partial charge >= 0.3 is 0 Å². The molecule has 1 aromatic heterocycles. The number of benzene rings is 1. The molecule has 0 radical (unpaired) electrons. The molecule has 0 unspecified atom stereocenters. The predicted molar refractivity (Wildman–Crippen MR) is 69.1 cm³/mol. The number of amides is 1. The summed E-state index contributed by atoms with van der Waals surface area (Å²) in [5, 5.41) is 2.88. The number of aromatic nitrogens is 1. The molecule has 88 valence electrons. The summed E-state index contributed by atoms with van der Waals surface area (Å²) in [5.74, 6) is -0.181. The van der Waals surface area contributed by atoms with Gasteiger partial charge in [-0.25, -0.2) is 0 Å². The topological polar surface area (TPSA) is 70.9 Å². The van der Waals surface area contributed by atoms with E-state index in [4.69, 9.17) is 5.73 Å². The van der Waals surface area contributed by atoms with E-state index in [1.807, 2.05) is 32.0 Å². The lowest BCUT2D eigenvalue weighted by atomic mass is 10.1. The lowest BCUT2D eigenvalue weighted by Gasteiger charge is -2.10. The van der Waals surface area contributed by atoms with Crippen molar-refractivity contribution in [2.75, 3.05) is 11.1 Å². The molecule has 0 aliphatic rings. The summed E-state index contributed by atoms with van der Waals surface area (Å²) < 4.78 is 0. The van der Waals surface area contributed by atoms with Crippen molar-refractivity contribution < 1.29 is 4.79 Å². The van der Waals surface area contributed by atoms with E-state index in [-0.39, 0.29) is 5.91 Å².